The third-order valence-electron chi connectivity index (χ3n) is 2.95. The molecule has 0 saturated carbocycles. The Kier molecular flexibility index (Phi) is 7.15. The van der Waals surface area contributed by atoms with E-state index >= 15 is 0 Å². The number of thioether (sulfide) groups is 1. The van der Waals surface area contributed by atoms with Gasteiger partial charge in [0, 0.05) is 19.2 Å². The van der Waals surface area contributed by atoms with E-state index in [2.05, 4.69) is 10.6 Å². The summed E-state index contributed by atoms with van der Waals surface area (Å²) in [6.45, 7) is 3.98. The molecule has 0 aromatic heterocycles. The number of para-hydroxylation sites is 1. The first-order valence-corrected chi connectivity index (χ1v) is 7.84. The van der Waals surface area contributed by atoms with Crippen molar-refractivity contribution >= 4 is 29.3 Å². The molecule has 0 aliphatic heterocycles. The quantitative estimate of drug-likeness (QED) is 0.760. The first-order chi connectivity index (χ1) is 9.54. The van der Waals surface area contributed by atoms with Gasteiger partial charge in [0.2, 0.25) is 11.8 Å². The van der Waals surface area contributed by atoms with Crippen molar-refractivity contribution in [3.05, 3.63) is 29.3 Å². The van der Waals surface area contributed by atoms with Gasteiger partial charge >= 0.3 is 0 Å². The second kappa shape index (κ2) is 8.64. The zero-order chi connectivity index (χ0) is 15.0. The van der Waals surface area contributed by atoms with Crippen LogP contribution in [0.4, 0.5) is 5.69 Å². The lowest BCUT2D eigenvalue weighted by Crippen LogP contribution is -2.20. The molecule has 1 rings (SSSR count). The van der Waals surface area contributed by atoms with Crippen LogP contribution in [0.25, 0.3) is 0 Å². The summed E-state index contributed by atoms with van der Waals surface area (Å²) in [5, 5.41) is 5.53. The molecule has 0 aliphatic rings. The molecule has 0 aliphatic carbocycles. The van der Waals surface area contributed by atoms with Crippen LogP contribution in [0.3, 0.4) is 0 Å². The number of hydrogen-bond acceptors (Lipinski definition) is 3. The Morgan fingerprint density at radius 2 is 1.80 bits per heavy atom. The number of nitrogens with one attached hydrogen (secondary N) is 2. The highest BCUT2D eigenvalue weighted by atomic mass is 32.2. The standard InChI is InChI=1S/C15H22N2O2S/c1-11-6-4-7-12(2)15(11)17-13(18)8-5-9-20-10-14(19)16-3/h4,6-7H,5,8-10H2,1-3H3,(H,16,19)(H,17,18). The van der Waals surface area contributed by atoms with Gasteiger partial charge in [-0.3, -0.25) is 9.59 Å². The van der Waals surface area contributed by atoms with Crippen LogP contribution in [0.15, 0.2) is 18.2 Å². The highest BCUT2D eigenvalue weighted by molar-refractivity contribution is 7.99. The molecule has 20 heavy (non-hydrogen) atoms. The average Bonchev–Trinajstić information content (AvgIpc) is 2.42. The fourth-order valence-corrected chi connectivity index (χ4v) is 2.61. The number of amides is 2. The van der Waals surface area contributed by atoms with Crippen molar-refractivity contribution < 1.29 is 9.59 Å². The maximum Gasteiger partial charge on any atom is 0.229 e. The van der Waals surface area contributed by atoms with Crippen LogP contribution in [0, 0.1) is 13.8 Å². The smallest absolute Gasteiger partial charge is 0.229 e. The Hall–Kier alpha value is -1.49. The summed E-state index contributed by atoms with van der Waals surface area (Å²) in [4.78, 5) is 22.9. The van der Waals surface area contributed by atoms with Crippen molar-refractivity contribution in [3.8, 4) is 0 Å². The van der Waals surface area contributed by atoms with Gasteiger partial charge in [0.05, 0.1) is 5.75 Å². The number of carbonyl (C=O) groups is 2. The Morgan fingerprint density at radius 1 is 1.15 bits per heavy atom. The van der Waals surface area contributed by atoms with Crippen molar-refractivity contribution in [2.24, 2.45) is 0 Å². The molecular weight excluding hydrogens is 272 g/mol. The van der Waals surface area contributed by atoms with E-state index in [9.17, 15) is 9.59 Å². The van der Waals surface area contributed by atoms with Gasteiger partial charge in [-0.2, -0.15) is 11.8 Å². The highest BCUT2D eigenvalue weighted by Gasteiger charge is 2.07. The number of rotatable bonds is 7. The van der Waals surface area contributed by atoms with Gasteiger partial charge in [-0.1, -0.05) is 18.2 Å². The van der Waals surface area contributed by atoms with Gasteiger partial charge in [0.1, 0.15) is 0 Å². The number of benzene rings is 1. The third-order valence-corrected chi connectivity index (χ3v) is 3.99. The molecule has 0 heterocycles. The summed E-state index contributed by atoms with van der Waals surface area (Å²) in [5.41, 5.74) is 3.06. The number of anilines is 1. The Labute approximate surface area is 124 Å². The lowest BCUT2D eigenvalue weighted by molar-refractivity contribution is -0.118. The molecule has 1 aromatic carbocycles. The van der Waals surface area contributed by atoms with Crippen LogP contribution in [0.2, 0.25) is 0 Å². The summed E-state index contributed by atoms with van der Waals surface area (Å²) >= 11 is 1.55. The van der Waals surface area contributed by atoms with Crippen LogP contribution in [-0.4, -0.2) is 30.4 Å². The molecule has 2 N–H and O–H groups in total. The van der Waals surface area contributed by atoms with Crippen molar-refractivity contribution in [2.45, 2.75) is 26.7 Å². The van der Waals surface area contributed by atoms with Gasteiger partial charge < -0.3 is 10.6 Å². The topological polar surface area (TPSA) is 58.2 Å². The maximum absolute atomic E-state index is 11.9. The molecule has 0 radical (unpaired) electrons. The molecule has 0 fully saturated rings. The first-order valence-electron chi connectivity index (χ1n) is 6.69. The summed E-state index contributed by atoms with van der Waals surface area (Å²) in [7, 11) is 1.63. The molecule has 5 heteroatoms. The fraction of sp³-hybridized carbons (Fsp3) is 0.467. The molecule has 0 atom stereocenters. The van der Waals surface area contributed by atoms with Gasteiger partial charge in [-0.05, 0) is 37.1 Å². The number of hydrogen-bond donors (Lipinski definition) is 2. The minimum absolute atomic E-state index is 0.0231. The second-order valence-corrected chi connectivity index (χ2v) is 5.75. The van der Waals surface area contributed by atoms with Crippen LogP contribution in [-0.2, 0) is 9.59 Å². The largest absolute Gasteiger partial charge is 0.358 e. The summed E-state index contributed by atoms with van der Waals surface area (Å²) in [6.07, 6.45) is 1.26. The summed E-state index contributed by atoms with van der Waals surface area (Å²) in [5.74, 6) is 1.32. The third kappa shape index (κ3) is 5.65. The predicted molar refractivity (Wildman–Crippen MR) is 85.2 cm³/mol. The monoisotopic (exact) mass is 294 g/mol. The van der Waals surface area contributed by atoms with E-state index in [1.807, 2.05) is 32.0 Å². The van der Waals surface area contributed by atoms with Crippen molar-refractivity contribution in [1.29, 1.82) is 0 Å². The molecule has 0 saturated heterocycles. The lowest BCUT2D eigenvalue weighted by Gasteiger charge is -2.11. The average molecular weight is 294 g/mol. The van der Waals surface area contributed by atoms with E-state index in [0.717, 1.165) is 29.0 Å². The minimum atomic E-state index is 0.0231. The first kappa shape index (κ1) is 16.6. The number of carbonyl (C=O) groups excluding carboxylic acids is 2. The van der Waals surface area contributed by atoms with Gasteiger partial charge in [0.15, 0.2) is 0 Å². The molecule has 0 bridgehead atoms. The SMILES string of the molecule is CNC(=O)CSCCCC(=O)Nc1c(C)cccc1C. The lowest BCUT2D eigenvalue weighted by atomic mass is 10.1. The van der Waals surface area contributed by atoms with Crippen LogP contribution in [0.5, 0.6) is 0 Å². The van der Waals surface area contributed by atoms with Gasteiger partial charge in [0.25, 0.3) is 0 Å². The fourth-order valence-electron chi connectivity index (χ4n) is 1.79. The van der Waals surface area contributed by atoms with Gasteiger partial charge in [-0.25, -0.2) is 0 Å². The summed E-state index contributed by atoms with van der Waals surface area (Å²) in [6, 6.07) is 5.96. The van der Waals surface area contributed by atoms with E-state index in [1.165, 1.54) is 0 Å². The predicted octanol–water partition coefficient (Wildman–Crippen LogP) is 2.50. The Balaban J connectivity index is 2.29. The highest BCUT2D eigenvalue weighted by Crippen LogP contribution is 2.19. The van der Waals surface area contributed by atoms with Crippen molar-refractivity contribution in [1.82, 2.24) is 5.32 Å². The van der Waals surface area contributed by atoms with Gasteiger partial charge in [-0.15, -0.1) is 0 Å². The zero-order valence-electron chi connectivity index (χ0n) is 12.3. The van der Waals surface area contributed by atoms with E-state index in [-0.39, 0.29) is 11.8 Å². The van der Waals surface area contributed by atoms with Crippen LogP contribution in [0.1, 0.15) is 24.0 Å². The molecule has 2 amide bonds. The van der Waals surface area contributed by atoms with E-state index in [0.29, 0.717) is 12.2 Å². The van der Waals surface area contributed by atoms with E-state index in [1.54, 1.807) is 18.8 Å². The number of aryl methyl sites for hydroxylation is 2. The zero-order valence-corrected chi connectivity index (χ0v) is 13.1. The minimum Gasteiger partial charge on any atom is -0.358 e. The second-order valence-electron chi connectivity index (χ2n) is 4.64. The molecule has 4 nitrogen and oxygen atoms in total. The van der Waals surface area contributed by atoms with E-state index in [4.69, 9.17) is 0 Å². The molecule has 110 valence electrons. The van der Waals surface area contributed by atoms with Crippen molar-refractivity contribution in [3.63, 3.8) is 0 Å². The normalized spacial score (nSPS) is 10.2. The van der Waals surface area contributed by atoms with E-state index < -0.39 is 0 Å². The molecule has 0 unspecified atom stereocenters. The maximum atomic E-state index is 11.9. The molecule has 1 aromatic rings. The summed E-state index contributed by atoms with van der Waals surface area (Å²) < 4.78 is 0. The Morgan fingerprint density at radius 3 is 2.40 bits per heavy atom. The Bertz CT molecular complexity index is 455. The molecular formula is C15H22N2O2S. The molecule has 0 spiro atoms. The van der Waals surface area contributed by atoms with Crippen LogP contribution >= 0.6 is 11.8 Å². The van der Waals surface area contributed by atoms with Crippen molar-refractivity contribution in [2.75, 3.05) is 23.9 Å². The van der Waals surface area contributed by atoms with Crippen LogP contribution < -0.4 is 10.6 Å².